The molecule has 1 aliphatic rings. The van der Waals surface area contributed by atoms with Gasteiger partial charge in [-0.3, -0.25) is 9.59 Å². The zero-order chi connectivity index (χ0) is 17.1. The van der Waals surface area contributed by atoms with Gasteiger partial charge in [0.2, 0.25) is 11.8 Å². The maximum atomic E-state index is 12.7. The Morgan fingerprint density at radius 1 is 1.21 bits per heavy atom. The summed E-state index contributed by atoms with van der Waals surface area (Å²) in [5, 5.41) is 8.00. The molecule has 2 aromatic rings. The van der Waals surface area contributed by atoms with E-state index in [-0.39, 0.29) is 18.4 Å². The highest BCUT2D eigenvalue weighted by Gasteiger charge is 2.38. The molecule has 0 bridgehead atoms. The Hall–Kier alpha value is -2.70. The number of benzene rings is 1. The van der Waals surface area contributed by atoms with E-state index >= 15 is 0 Å². The molecule has 0 saturated carbocycles. The van der Waals surface area contributed by atoms with Crippen molar-refractivity contribution in [3.8, 4) is 0 Å². The number of rotatable bonds is 5. The summed E-state index contributed by atoms with van der Waals surface area (Å²) in [6, 6.07) is 9.24. The summed E-state index contributed by atoms with van der Waals surface area (Å²) >= 11 is 0. The smallest absolute Gasteiger partial charge is 0.245 e. The monoisotopic (exact) mass is 327 g/mol. The third-order valence-corrected chi connectivity index (χ3v) is 4.35. The van der Waals surface area contributed by atoms with Crippen LogP contribution in [0, 0.1) is 0 Å². The maximum absolute atomic E-state index is 12.7. The van der Waals surface area contributed by atoms with Crippen LogP contribution in [0.3, 0.4) is 0 Å². The number of amides is 2. The van der Waals surface area contributed by atoms with Crippen molar-refractivity contribution in [2.24, 2.45) is 0 Å². The molecule has 1 fully saturated rings. The first-order chi connectivity index (χ1) is 11.6. The average molecular weight is 327 g/mol. The standard InChI is InChI=1S/C17H21N5O2/c1-3-21-12-18-19-15(21)10-22-14(9-13-7-5-4-6-8-13)17(24)20(2)11-16(22)23/h4-8,12,14H,3,9-11H2,1-2H3/t14-/m0/s1. The summed E-state index contributed by atoms with van der Waals surface area (Å²) in [7, 11) is 1.67. The number of hydrogen-bond donors (Lipinski definition) is 0. The number of carbonyl (C=O) groups is 2. The lowest BCUT2D eigenvalue weighted by Crippen LogP contribution is -2.59. The molecule has 0 N–H and O–H groups in total. The molecule has 1 atom stereocenters. The fourth-order valence-electron chi connectivity index (χ4n) is 2.98. The van der Waals surface area contributed by atoms with Crippen molar-refractivity contribution in [2.45, 2.75) is 32.5 Å². The molecular weight excluding hydrogens is 306 g/mol. The van der Waals surface area contributed by atoms with Crippen LogP contribution in [0.1, 0.15) is 18.3 Å². The first kappa shape index (κ1) is 16.2. The predicted octanol–water partition coefficient (Wildman–Crippen LogP) is 0.710. The molecule has 2 heterocycles. The third-order valence-electron chi connectivity index (χ3n) is 4.35. The highest BCUT2D eigenvalue weighted by molar-refractivity contribution is 5.94. The second-order valence-corrected chi connectivity index (χ2v) is 5.95. The Bertz CT molecular complexity index is 728. The first-order valence-electron chi connectivity index (χ1n) is 8.05. The van der Waals surface area contributed by atoms with Crippen molar-refractivity contribution in [1.82, 2.24) is 24.6 Å². The number of nitrogens with zero attached hydrogens (tertiary/aromatic N) is 5. The molecule has 1 aromatic carbocycles. The van der Waals surface area contributed by atoms with E-state index < -0.39 is 6.04 Å². The molecule has 0 aliphatic carbocycles. The van der Waals surface area contributed by atoms with Crippen molar-refractivity contribution in [2.75, 3.05) is 13.6 Å². The quantitative estimate of drug-likeness (QED) is 0.811. The molecule has 0 spiro atoms. The molecule has 0 radical (unpaired) electrons. The van der Waals surface area contributed by atoms with Crippen LogP contribution in [-0.2, 0) is 29.1 Å². The van der Waals surface area contributed by atoms with Gasteiger partial charge in [0.25, 0.3) is 0 Å². The van der Waals surface area contributed by atoms with E-state index in [0.717, 1.165) is 12.1 Å². The summed E-state index contributed by atoms with van der Waals surface area (Å²) in [4.78, 5) is 28.3. The Morgan fingerprint density at radius 2 is 1.96 bits per heavy atom. The van der Waals surface area contributed by atoms with Crippen molar-refractivity contribution < 1.29 is 9.59 Å². The Labute approximate surface area is 140 Å². The zero-order valence-electron chi connectivity index (χ0n) is 13.9. The Morgan fingerprint density at radius 3 is 2.67 bits per heavy atom. The number of carbonyl (C=O) groups excluding carboxylic acids is 2. The van der Waals surface area contributed by atoms with Crippen LogP contribution in [0.5, 0.6) is 0 Å². The average Bonchev–Trinajstić information content (AvgIpc) is 3.04. The fourth-order valence-corrected chi connectivity index (χ4v) is 2.98. The van der Waals surface area contributed by atoms with Crippen LogP contribution in [0.4, 0.5) is 0 Å². The molecule has 7 nitrogen and oxygen atoms in total. The molecule has 24 heavy (non-hydrogen) atoms. The van der Waals surface area contributed by atoms with E-state index in [9.17, 15) is 9.59 Å². The Balaban J connectivity index is 1.87. The molecule has 1 saturated heterocycles. The number of piperazine rings is 1. The summed E-state index contributed by atoms with van der Waals surface area (Å²) in [5.41, 5.74) is 1.03. The van der Waals surface area contributed by atoms with Crippen molar-refractivity contribution in [3.05, 3.63) is 48.0 Å². The molecule has 126 valence electrons. The van der Waals surface area contributed by atoms with Crippen LogP contribution >= 0.6 is 0 Å². The Kier molecular flexibility index (Phi) is 4.59. The fraction of sp³-hybridized carbons (Fsp3) is 0.412. The van der Waals surface area contributed by atoms with Gasteiger partial charge in [-0.2, -0.15) is 0 Å². The second kappa shape index (κ2) is 6.82. The van der Waals surface area contributed by atoms with Crippen LogP contribution in [0.15, 0.2) is 36.7 Å². The molecule has 7 heteroatoms. The molecule has 0 unspecified atom stereocenters. The summed E-state index contributed by atoms with van der Waals surface area (Å²) in [6.07, 6.45) is 2.14. The SMILES string of the molecule is CCn1cnnc1CN1C(=O)CN(C)C(=O)[C@@H]1Cc1ccccc1. The number of aromatic nitrogens is 3. The van der Waals surface area contributed by atoms with Gasteiger partial charge in [0.05, 0.1) is 13.1 Å². The third kappa shape index (κ3) is 3.15. The minimum atomic E-state index is -0.513. The van der Waals surface area contributed by atoms with Gasteiger partial charge in [0, 0.05) is 20.0 Å². The van der Waals surface area contributed by atoms with E-state index in [1.54, 1.807) is 18.3 Å². The summed E-state index contributed by atoms with van der Waals surface area (Å²) in [6.45, 7) is 3.11. The zero-order valence-corrected chi connectivity index (χ0v) is 13.9. The topological polar surface area (TPSA) is 71.3 Å². The van der Waals surface area contributed by atoms with Crippen molar-refractivity contribution in [1.29, 1.82) is 0 Å². The van der Waals surface area contributed by atoms with Crippen LogP contribution in [0.2, 0.25) is 0 Å². The van der Waals surface area contributed by atoms with E-state index in [1.807, 2.05) is 41.8 Å². The lowest BCUT2D eigenvalue weighted by Gasteiger charge is -2.38. The van der Waals surface area contributed by atoms with Gasteiger partial charge < -0.3 is 14.4 Å². The highest BCUT2D eigenvalue weighted by atomic mass is 16.2. The molecule has 1 aromatic heterocycles. The van der Waals surface area contributed by atoms with Gasteiger partial charge in [0.1, 0.15) is 12.4 Å². The minimum Gasteiger partial charge on any atom is -0.335 e. The van der Waals surface area contributed by atoms with Crippen LogP contribution < -0.4 is 0 Å². The molecule has 3 rings (SSSR count). The largest absolute Gasteiger partial charge is 0.335 e. The number of likely N-dealkylation sites (N-methyl/N-ethyl adjacent to an activating group) is 1. The summed E-state index contributed by atoms with van der Waals surface area (Å²) < 4.78 is 1.88. The maximum Gasteiger partial charge on any atom is 0.245 e. The normalized spacial score (nSPS) is 18.3. The van der Waals surface area contributed by atoms with Crippen molar-refractivity contribution in [3.63, 3.8) is 0 Å². The van der Waals surface area contributed by atoms with E-state index in [0.29, 0.717) is 18.8 Å². The van der Waals surface area contributed by atoms with Gasteiger partial charge in [-0.25, -0.2) is 0 Å². The summed E-state index contributed by atoms with van der Waals surface area (Å²) in [5.74, 6) is 0.589. The minimum absolute atomic E-state index is 0.0407. The van der Waals surface area contributed by atoms with Gasteiger partial charge >= 0.3 is 0 Å². The van der Waals surface area contributed by atoms with Crippen molar-refractivity contribution >= 4 is 11.8 Å². The second-order valence-electron chi connectivity index (χ2n) is 5.95. The number of hydrogen-bond acceptors (Lipinski definition) is 4. The molecular formula is C17H21N5O2. The molecule has 2 amide bonds. The lowest BCUT2D eigenvalue weighted by molar-refractivity contribution is -0.155. The van der Waals surface area contributed by atoms with Gasteiger partial charge in [0.15, 0.2) is 5.82 Å². The number of aryl methyl sites for hydroxylation is 1. The van der Waals surface area contributed by atoms with E-state index in [1.165, 1.54) is 4.90 Å². The van der Waals surface area contributed by atoms with Crippen LogP contribution in [0.25, 0.3) is 0 Å². The predicted molar refractivity (Wildman–Crippen MR) is 87.8 cm³/mol. The van der Waals surface area contributed by atoms with Gasteiger partial charge in [-0.05, 0) is 12.5 Å². The lowest BCUT2D eigenvalue weighted by atomic mass is 10.0. The van der Waals surface area contributed by atoms with E-state index in [4.69, 9.17) is 0 Å². The van der Waals surface area contributed by atoms with Crippen LogP contribution in [-0.4, -0.2) is 56.0 Å². The first-order valence-corrected chi connectivity index (χ1v) is 8.05. The van der Waals surface area contributed by atoms with Gasteiger partial charge in [-0.1, -0.05) is 30.3 Å². The van der Waals surface area contributed by atoms with E-state index in [2.05, 4.69) is 10.2 Å². The van der Waals surface area contributed by atoms with Gasteiger partial charge in [-0.15, -0.1) is 10.2 Å². The highest BCUT2D eigenvalue weighted by Crippen LogP contribution is 2.19. The molecule has 1 aliphatic heterocycles.